The fourth-order valence-corrected chi connectivity index (χ4v) is 8.06. The van der Waals surface area contributed by atoms with Gasteiger partial charge < -0.3 is 56.2 Å². The third kappa shape index (κ3) is 19.1. The molecule has 6 aromatic rings. The zero-order chi connectivity index (χ0) is 60.7. The molecule has 0 atom stereocenters. The molecule has 2 aliphatic carbocycles. The van der Waals surface area contributed by atoms with Crippen molar-refractivity contribution in [2.75, 3.05) is 76.6 Å². The van der Waals surface area contributed by atoms with E-state index in [1.807, 2.05) is 68.3 Å². The zero-order valence-electron chi connectivity index (χ0n) is 48.3. The van der Waals surface area contributed by atoms with E-state index in [-0.39, 0.29) is 85.8 Å². The fourth-order valence-electron chi connectivity index (χ4n) is 8.06. The van der Waals surface area contributed by atoms with Crippen molar-refractivity contribution < 1.29 is 42.9 Å². The first-order valence-corrected chi connectivity index (χ1v) is 27.3. The molecule has 4 aromatic carbocycles. The van der Waals surface area contributed by atoms with Crippen LogP contribution in [0.4, 0.5) is 27.8 Å². The quantitative estimate of drug-likeness (QED) is 0.0137. The van der Waals surface area contributed by atoms with Gasteiger partial charge in [0.05, 0.1) is 34.9 Å². The van der Waals surface area contributed by atoms with Gasteiger partial charge in [-0.15, -0.1) is 0 Å². The number of nitrogens with one attached hydrogen (secondary N) is 5. The smallest absolute Gasteiger partial charge is 0.413 e. The van der Waals surface area contributed by atoms with E-state index in [0.29, 0.717) is 46.9 Å². The summed E-state index contributed by atoms with van der Waals surface area (Å²) in [5.41, 5.74) is 15.1. The minimum absolute atomic E-state index is 0.0798. The molecule has 0 spiro atoms. The van der Waals surface area contributed by atoms with Crippen LogP contribution >= 0.6 is 0 Å². The van der Waals surface area contributed by atoms with Gasteiger partial charge in [-0.05, 0) is 122 Å². The van der Waals surface area contributed by atoms with Gasteiger partial charge in [-0.2, -0.15) is 0 Å². The molecule has 0 unspecified atom stereocenters. The van der Waals surface area contributed by atoms with E-state index in [2.05, 4.69) is 31.2 Å². The maximum atomic E-state index is 13.6. The Balaban J connectivity index is 0.000000260. The first-order chi connectivity index (χ1) is 40.0. The van der Waals surface area contributed by atoms with Crippen LogP contribution in [0.5, 0.6) is 0 Å². The number of benzene rings is 4. The standard InChI is InChI=1S/C36H40N8O6.C24H33N5O5/c1-43(2)14-15-49-35(47)27-16-26(17-28(37)18-27)30-20-40-33(41-29-12-13-29)34(46)44(30)21-31(45)39-19-23-8-10-25(11-9-23)32(38)42-36(48)50-22-24-6-4-3-5-7-24;1-24(2,3)34-20(30)14-29-19(13-26-21(22(29)31)27-18-6-7-18)15-10-16(12-17(25)11-15)23(32)33-9-8-28(4)5/h3-11,16-18,20,29H,12-15,19,21-22,37H2,1-2H3,(H,39,45)(H,40,41)(H2,38,42,48);10-13,18H,6-9,14,25H2,1-5H3,(H,26,27). The number of amidine groups is 1. The van der Waals surface area contributed by atoms with Crippen LogP contribution in [0.2, 0.25) is 0 Å². The van der Waals surface area contributed by atoms with Crippen molar-refractivity contribution in [2.24, 2.45) is 0 Å². The minimum atomic E-state index is -0.745. The molecule has 0 bridgehead atoms. The number of likely N-dealkylation sites (N-methyl/N-ethyl adjacent to an activating group) is 2. The number of nitrogens with zero attached hydrogens (tertiary/aromatic N) is 6. The molecule has 2 amide bonds. The number of nitrogens with two attached hydrogens (primary N) is 2. The highest BCUT2D eigenvalue weighted by Crippen LogP contribution is 2.28. The molecule has 0 aliphatic heterocycles. The number of carbonyl (C=O) groups excluding carboxylic acids is 5. The number of hydrogen-bond acceptors (Lipinski definition) is 20. The molecular formula is C60H73N13O11. The highest BCUT2D eigenvalue weighted by Gasteiger charge is 2.27. The predicted octanol–water partition coefficient (Wildman–Crippen LogP) is 5.48. The molecule has 9 N–H and O–H groups in total. The van der Waals surface area contributed by atoms with Gasteiger partial charge in [-0.25, -0.2) is 24.4 Å². The van der Waals surface area contributed by atoms with E-state index in [4.69, 9.17) is 35.8 Å². The largest absolute Gasteiger partial charge is 0.461 e. The van der Waals surface area contributed by atoms with Gasteiger partial charge >= 0.3 is 24.0 Å². The summed E-state index contributed by atoms with van der Waals surface area (Å²) in [6, 6.07) is 25.6. The minimum Gasteiger partial charge on any atom is -0.461 e. The molecule has 84 heavy (non-hydrogen) atoms. The summed E-state index contributed by atoms with van der Waals surface area (Å²) in [5, 5.41) is 19.7. The Hall–Kier alpha value is -9.42. The van der Waals surface area contributed by atoms with Crippen LogP contribution in [0.25, 0.3) is 22.5 Å². The number of hydrogen-bond donors (Lipinski definition) is 7. The normalized spacial score (nSPS) is 12.8. The number of rotatable bonds is 23. The molecule has 2 aliphatic rings. The van der Waals surface area contributed by atoms with Gasteiger partial charge in [0.2, 0.25) is 5.91 Å². The zero-order valence-corrected chi connectivity index (χ0v) is 48.3. The van der Waals surface area contributed by atoms with Crippen LogP contribution in [-0.4, -0.2) is 137 Å². The molecule has 2 fully saturated rings. The molecule has 2 aromatic heterocycles. The molecule has 2 saturated carbocycles. The summed E-state index contributed by atoms with van der Waals surface area (Å²) in [7, 11) is 7.50. The maximum Gasteiger partial charge on any atom is 0.413 e. The molecule has 2 heterocycles. The molecule has 24 nitrogen and oxygen atoms in total. The second-order valence-electron chi connectivity index (χ2n) is 21.8. The van der Waals surface area contributed by atoms with Crippen LogP contribution in [0, 0.1) is 5.41 Å². The Morgan fingerprint density at radius 3 is 1.60 bits per heavy atom. The monoisotopic (exact) mass is 1150 g/mol. The number of amides is 2. The van der Waals surface area contributed by atoms with Crippen LogP contribution < -0.4 is 43.9 Å². The van der Waals surface area contributed by atoms with Gasteiger partial charge in [-0.3, -0.25) is 39.0 Å². The number of aromatic nitrogens is 4. The van der Waals surface area contributed by atoms with E-state index in [1.165, 1.54) is 33.7 Å². The molecule has 24 heteroatoms. The lowest BCUT2D eigenvalue weighted by molar-refractivity contribution is -0.155. The number of alkyl carbamates (subject to hydrolysis) is 1. The lowest BCUT2D eigenvalue weighted by atomic mass is 10.1. The van der Waals surface area contributed by atoms with E-state index in [1.54, 1.807) is 69.3 Å². The van der Waals surface area contributed by atoms with Gasteiger partial charge in [-0.1, -0.05) is 54.6 Å². The van der Waals surface area contributed by atoms with Crippen molar-refractivity contribution in [1.82, 2.24) is 39.5 Å². The highest BCUT2D eigenvalue weighted by molar-refractivity contribution is 6.04. The maximum absolute atomic E-state index is 13.6. The summed E-state index contributed by atoms with van der Waals surface area (Å²) in [6.07, 6.45) is 5.99. The molecule has 0 saturated heterocycles. The van der Waals surface area contributed by atoms with Crippen molar-refractivity contribution in [2.45, 2.75) is 90.4 Å². The van der Waals surface area contributed by atoms with Crippen molar-refractivity contribution >= 4 is 58.8 Å². The summed E-state index contributed by atoms with van der Waals surface area (Å²) < 4.78 is 23.9. The second kappa shape index (κ2) is 28.5. The third-order valence-corrected chi connectivity index (χ3v) is 12.6. The Labute approximate surface area is 486 Å². The Kier molecular flexibility index (Phi) is 21.1. The first kappa shape index (κ1) is 62.2. The Bertz CT molecular complexity index is 3460. The lowest BCUT2D eigenvalue weighted by Gasteiger charge is -2.21. The number of ether oxygens (including phenoxy) is 4. The summed E-state index contributed by atoms with van der Waals surface area (Å²) in [5.74, 6) is -1.93. The van der Waals surface area contributed by atoms with Crippen LogP contribution in [-0.2, 0) is 54.8 Å². The number of nitrogen functional groups attached to an aromatic ring is 2. The van der Waals surface area contributed by atoms with E-state index < -0.39 is 46.6 Å². The molecule has 444 valence electrons. The van der Waals surface area contributed by atoms with Crippen molar-refractivity contribution in [3.63, 3.8) is 0 Å². The molecular weight excluding hydrogens is 1080 g/mol. The third-order valence-electron chi connectivity index (χ3n) is 12.6. The Morgan fingerprint density at radius 2 is 1.13 bits per heavy atom. The number of anilines is 4. The average molecular weight is 1150 g/mol. The number of esters is 3. The Morgan fingerprint density at radius 1 is 0.643 bits per heavy atom. The summed E-state index contributed by atoms with van der Waals surface area (Å²) in [6.45, 7) is 6.39. The van der Waals surface area contributed by atoms with Crippen molar-refractivity contribution in [1.29, 1.82) is 5.41 Å². The number of carbonyl (C=O) groups is 5. The van der Waals surface area contributed by atoms with Crippen molar-refractivity contribution in [3.8, 4) is 22.5 Å². The molecule has 8 rings (SSSR count). The van der Waals surface area contributed by atoms with Gasteiger partial charge in [0, 0.05) is 59.8 Å². The fraction of sp³-hybridized carbons (Fsp3) is 0.367. The van der Waals surface area contributed by atoms with Crippen LogP contribution in [0.15, 0.2) is 113 Å². The predicted molar refractivity (Wildman–Crippen MR) is 318 cm³/mol. The van der Waals surface area contributed by atoms with E-state index in [0.717, 1.165) is 36.8 Å². The van der Waals surface area contributed by atoms with Gasteiger partial charge in [0.15, 0.2) is 11.6 Å². The SMILES string of the molecule is CN(C)CCOC(=O)c1cc(N)cc(-c2cnc(NC3CC3)c(=O)n2CC(=O)NCc2ccc(C(=N)NC(=O)OCc3ccccc3)cc2)c1.CN(C)CCOC(=O)c1cc(N)cc(-c2cnc(NC3CC3)c(=O)n2CC(=O)OC(C)(C)C)c1. The summed E-state index contributed by atoms with van der Waals surface area (Å²) >= 11 is 0. The second-order valence-corrected chi connectivity index (χ2v) is 21.8. The highest BCUT2D eigenvalue weighted by atomic mass is 16.6. The topological polar surface area (TPSA) is 323 Å². The van der Waals surface area contributed by atoms with Gasteiger partial charge in [0.1, 0.15) is 44.3 Å². The lowest BCUT2D eigenvalue weighted by Crippen LogP contribution is -2.34. The van der Waals surface area contributed by atoms with Gasteiger partial charge in [0.25, 0.3) is 11.1 Å². The average Bonchev–Trinajstić information content (AvgIpc) is 3.89. The van der Waals surface area contributed by atoms with Crippen molar-refractivity contribution in [3.05, 3.63) is 152 Å². The first-order valence-electron chi connectivity index (χ1n) is 27.3. The van der Waals surface area contributed by atoms with Crippen LogP contribution in [0.3, 0.4) is 0 Å². The summed E-state index contributed by atoms with van der Waals surface area (Å²) in [4.78, 5) is 103. The molecule has 0 radical (unpaired) electrons. The van der Waals surface area contributed by atoms with E-state index >= 15 is 0 Å². The van der Waals surface area contributed by atoms with Crippen LogP contribution in [0.1, 0.15) is 83.9 Å². The van der Waals surface area contributed by atoms with E-state index in [9.17, 15) is 33.6 Å².